The molecule has 4 rings (SSSR count). The quantitative estimate of drug-likeness (QED) is 0.770. The van der Waals surface area contributed by atoms with Gasteiger partial charge in [-0.05, 0) is 37.1 Å². The SMILES string of the molecule is CC1Cc2ccccc2N1CCNC(=O)c1cnn(-c2ccccc2)n1. The Morgan fingerprint density at radius 1 is 1.15 bits per heavy atom. The van der Waals surface area contributed by atoms with Crippen LogP contribution in [0.3, 0.4) is 0 Å². The van der Waals surface area contributed by atoms with Gasteiger partial charge in [-0.25, -0.2) is 0 Å². The van der Waals surface area contributed by atoms with Gasteiger partial charge >= 0.3 is 0 Å². The molecule has 1 aliphatic rings. The second-order valence-electron chi connectivity index (χ2n) is 6.49. The molecule has 1 atom stereocenters. The zero-order valence-electron chi connectivity index (χ0n) is 14.7. The van der Waals surface area contributed by atoms with Crippen LogP contribution in [0.5, 0.6) is 0 Å². The van der Waals surface area contributed by atoms with Crippen LogP contribution >= 0.6 is 0 Å². The van der Waals surface area contributed by atoms with Gasteiger partial charge in [-0.1, -0.05) is 36.4 Å². The lowest BCUT2D eigenvalue weighted by Crippen LogP contribution is -2.38. The Labute approximate surface area is 152 Å². The van der Waals surface area contributed by atoms with E-state index in [1.54, 1.807) is 0 Å². The van der Waals surface area contributed by atoms with Gasteiger partial charge in [0, 0.05) is 24.8 Å². The van der Waals surface area contributed by atoms with E-state index in [-0.39, 0.29) is 5.91 Å². The number of nitrogens with zero attached hydrogens (tertiary/aromatic N) is 4. The molecule has 0 saturated carbocycles. The summed E-state index contributed by atoms with van der Waals surface area (Å²) in [4.78, 5) is 16.2. The van der Waals surface area contributed by atoms with E-state index in [1.807, 2.05) is 30.3 Å². The number of benzene rings is 2. The minimum atomic E-state index is -0.202. The van der Waals surface area contributed by atoms with Crippen LogP contribution in [0.4, 0.5) is 5.69 Å². The largest absolute Gasteiger partial charge is 0.367 e. The van der Waals surface area contributed by atoms with Gasteiger partial charge in [0.25, 0.3) is 5.91 Å². The highest BCUT2D eigenvalue weighted by atomic mass is 16.2. The normalized spacial score (nSPS) is 15.7. The molecule has 6 heteroatoms. The van der Waals surface area contributed by atoms with Crippen molar-refractivity contribution in [3.8, 4) is 5.69 Å². The third-order valence-corrected chi connectivity index (χ3v) is 4.70. The summed E-state index contributed by atoms with van der Waals surface area (Å²) in [5, 5.41) is 11.4. The third kappa shape index (κ3) is 3.18. The average Bonchev–Trinajstić information content (AvgIpc) is 3.28. The molecule has 0 aliphatic carbocycles. The van der Waals surface area contributed by atoms with Crippen molar-refractivity contribution < 1.29 is 4.79 Å². The predicted octanol–water partition coefficient (Wildman–Crippen LogP) is 2.45. The number of nitrogens with one attached hydrogen (secondary N) is 1. The van der Waals surface area contributed by atoms with Gasteiger partial charge in [0.1, 0.15) is 0 Å². The molecule has 0 spiro atoms. The highest BCUT2D eigenvalue weighted by molar-refractivity contribution is 5.91. The van der Waals surface area contributed by atoms with Crippen molar-refractivity contribution in [1.82, 2.24) is 20.3 Å². The first-order chi connectivity index (χ1) is 12.7. The third-order valence-electron chi connectivity index (χ3n) is 4.70. The summed E-state index contributed by atoms with van der Waals surface area (Å²) in [5.41, 5.74) is 3.79. The molecule has 1 amide bonds. The van der Waals surface area contributed by atoms with Crippen molar-refractivity contribution in [2.24, 2.45) is 0 Å². The van der Waals surface area contributed by atoms with E-state index >= 15 is 0 Å². The number of carbonyl (C=O) groups is 1. The molecular formula is C20H21N5O. The standard InChI is InChI=1S/C20H21N5O/c1-15-13-16-7-5-6-10-19(16)24(15)12-11-21-20(26)18-14-22-25(23-18)17-8-3-2-4-9-17/h2-10,14-15H,11-13H2,1H3,(H,21,26). The van der Waals surface area contributed by atoms with E-state index in [0.717, 1.165) is 18.7 Å². The Kier molecular flexibility index (Phi) is 4.39. The van der Waals surface area contributed by atoms with E-state index in [4.69, 9.17) is 0 Å². The highest BCUT2D eigenvalue weighted by Crippen LogP contribution is 2.31. The van der Waals surface area contributed by atoms with E-state index in [0.29, 0.717) is 18.3 Å². The molecule has 1 aliphatic heterocycles. The molecule has 1 unspecified atom stereocenters. The van der Waals surface area contributed by atoms with E-state index in [9.17, 15) is 4.79 Å². The first kappa shape index (κ1) is 16.3. The van der Waals surface area contributed by atoms with Crippen LogP contribution in [0.15, 0.2) is 60.8 Å². The molecule has 132 valence electrons. The molecule has 0 bridgehead atoms. The van der Waals surface area contributed by atoms with Crippen molar-refractivity contribution in [2.45, 2.75) is 19.4 Å². The molecule has 6 nitrogen and oxygen atoms in total. The minimum absolute atomic E-state index is 0.202. The van der Waals surface area contributed by atoms with Crippen LogP contribution in [0, 0.1) is 0 Å². The van der Waals surface area contributed by atoms with Crippen molar-refractivity contribution >= 4 is 11.6 Å². The van der Waals surface area contributed by atoms with Crippen LogP contribution in [0.2, 0.25) is 0 Å². The number of carbonyl (C=O) groups excluding carboxylic acids is 1. The monoisotopic (exact) mass is 347 g/mol. The summed E-state index contributed by atoms with van der Waals surface area (Å²) in [6, 6.07) is 18.4. The number of amides is 1. The number of rotatable bonds is 5. The topological polar surface area (TPSA) is 63.1 Å². The highest BCUT2D eigenvalue weighted by Gasteiger charge is 2.25. The Hall–Kier alpha value is -3.15. The second-order valence-corrected chi connectivity index (χ2v) is 6.49. The van der Waals surface area contributed by atoms with E-state index in [1.165, 1.54) is 22.2 Å². The fourth-order valence-corrected chi connectivity index (χ4v) is 3.40. The average molecular weight is 347 g/mol. The van der Waals surface area contributed by atoms with Crippen LogP contribution in [0.1, 0.15) is 23.0 Å². The van der Waals surface area contributed by atoms with Crippen LogP contribution in [0.25, 0.3) is 5.69 Å². The second kappa shape index (κ2) is 7.00. The Balaban J connectivity index is 1.36. The zero-order chi connectivity index (χ0) is 17.9. The number of fused-ring (bicyclic) bond motifs is 1. The Bertz CT molecular complexity index is 905. The lowest BCUT2D eigenvalue weighted by atomic mass is 10.1. The summed E-state index contributed by atoms with van der Waals surface area (Å²) >= 11 is 0. The van der Waals surface area contributed by atoms with E-state index in [2.05, 4.69) is 51.6 Å². The molecule has 0 radical (unpaired) electrons. The molecule has 26 heavy (non-hydrogen) atoms. The summed E-state index contributed by atoms with van der Waals surface area (Å²) < 4.78 is 0. The molecule has 2 heterocycles. The molecule has 3 aromatic rings. The lowest BCUT2D eigenvalue weighted by molar-refractivity contribution is 0.0949. The summed E-state index contributed by atoms with van der Waals surface area (Å²) in [7, 11) is 0. The molecule has 2 aromatic carbocycles. The fourth-order valence-electron chi connectivity index (χ4n) is 3.40. The first-order valence-corrected chi connectivity index (χ1v) is 8.83. The van der Waals surface area contributed by atoms with Crippen molar-refractivity contribution in [1.29, 1.82) is 0 Å². The number of para-hydroxylation sites is 2. The number of hydrogen-bond donors (Lipinski definition) is 1. The molecule has 0 saturated heterocycles. The molecular weight excluding hydrogens is 326 g/mol. The van der Waals surface area contributed by atoms with E-state index < -0.39 is 0 Å². The lowest BCUT2D eigenvalue weighted by Gasteiger charge is -2.24. The van der Waals surface area contributed by atoms with Crippen LogP contribution < -0.4 is 10.2 Å². The maximum atomic E-state index is 12.3. The fraction of sp³-hybridized carbons (Fsp3) is 0.250. The zero-order valence-corrected chi connectivity index (χ0v) is 14.7. The molecule has 0 fully saturated rings. The minimum Gasteiger partial charge on any atom is -0.367 e. The molecule has 1 N–H and O–H groups in total. The Morgan fingerprint density at radius 2 is 1.92 bits per heavy atom. The summed E-state index contributed by atoms with van der Waals surface area (Å²) in [6.45, 7) is 3.56. The number of aromatic nitrogens is 3. The summed E-state index contributed by atoms with van der Waals surface area (Å²) in [6.07, 6.45) is 2.55. The smallest absolute Gasteiger partial charge is 0.273 e. The van der Waals surface area contributed by atoms with Gasteiger partial charge < -0.3 is 10.2 Å². The van der Waals surface area contributed by atoms with Gasteiger partial charge in [0.15, 0.2) is 5.69 Å². The van der Waals surface area contributed by atoms with Crippen molar-refractivity contribution in [3.05, 3.63) is 72.1 Å². The van der Waals surface area contributed by atoms with Gasteiger partial charge in [-0.2, -0.15) is 9.90 Å². The Morgan fingerprint density at radius 3 is 2.77 bits per heavy atom. The summed E-state index contributed by atoms with van der Waals surface area (Å²) in [5.74, 6) is -0.202. The number of anilines is 1. The van der Waals surface area contributed by atoms with Crippen molar-refractivity contribution in [3.63, 3.8) is 0 Å². The van der Waals surface area contributed by atoms with Gasteiger partial charge in [-0.15, -0.1) is 5.10 Å². The predicted molar refractivity (Wildman–Crippen MR) is 101 cm³/mol. The maximum Gasteiger partial charge on any atom is 0.273 e. The number of hydrogen-bond acceptors (Lipinski definition) is 4. The van der Waals surface area contributed by atoms with Gasteiger partial charge in [-0.3, -0.25) is 4.79 Å². The van der Waals surface area contributed by atoms with Crippen LogP contribution in [-0.2, 0) is 6.42 Å². The van der Waals surface area contributed by atoms with Gasteiger partial charge in [0.2, 0.25) is 0 Å². The van der Waals surface area contributed by atoms with Crippen molar-refractivity contribution in [2.75, 3.05) is 18.0 Å². The maximum absolute atomic E-state index is 12.3. The van der Waals surface area contributed by atoms with Gasteiger partial charge in [0.05, 0.1) is 11.9 Å². The van der Waals surface area contributed by atoms with Crippen LogP contribution in [-0.4, -0.2) is 40.0 Å². The molecule has 1 aromatic heterocycles. The first-order valence-electron chi connectivity index (χ1n) is 8.83.